The maximum Gasteiger partial charge on any atom is 0.131 e. The van der Waals surface area contributed by atoms with Gasteiger partial charge in [-0.25, -0.2) is 4.98 Å². The quantitative estimate of drug-likeness (QED) is 0.925. The van der Waals surface area contributed by atoms with E-state index in [0.717, 1.165) is 5.82 Å². The molecule has 1 N–H and O–H groups in total. The van der Waals surface area contributed by atoms with Crippen LogP contribution in [0.15, 0.2) is 29.9 Å². The van der Waals surface area contributed by atoms with Crippen LogP contribution in [0, 0.1) is 0 Å². The second kappa shape index (κ2) is 5.88. The van der Waals surface area contributed by atoms with E-state index in [2.05, 4.69) is 39.4 Å². The van der Waals surface area contributed by atoms with Crippen LogP contribution < -0.4 is 5.32 Å². The first-order valence-electron chi connectivity index (χ1n) is 7.11. The molecule has 0 saturated heterocycles. The maximum atomic E-state index is 4.54. The first-order chi connectivity index (χ1) is 9.34. The fourth-order valence-electron chi connectivity index (χ4n) is 2.90. The fraction of sp³-hybridized carbons (Fsp3) is 0.533. The molecule has 0 amide bonds. The highest BCUT2D eigenvalue weighted by atomic mass is 32.1. The van der Waals surface area contributed by atoms with Gasteiger partial charge in [-0.3, -0.25) is 0 Å². The lowest BCUT2D eigenvalue weighted by Crippen LogP contribution is -2.35. The van der Waals surface area contributed by atoms with E-state index in [-0.39, 0.29) is 6.04 Å². The zero-order valence-electron chi connectivity index (χ0n) is 11.4. The minimum Gasteiger partial charge on any atom is -0.336 e. The fourth-order valence-corrected chi connectivity index (χ4v) is 3.68. The highest BCUT2D eigenvalue weighted by Crippen LogP contribution is 2.28. The average molecular weight is 275 g/mol. The number of aromatic nitrogens is 2. The van der Waals surface area contributed by atoms with Gasteiger partial charge in [0.05, 0.1) is 0 Å². The minimum absolute atomic E-state index is 0.239. The Bertz CT molecular complexity index is 497. The van der Waals surface area contributed by atoms with Gasteiger partial charge in [0, 0.05) is 30.4 Å². The average Bonchev–Trinajstić information content (AvgIpc) is 3.09. The van der Waals surface area contributed by atoms with E-state index in [0.29, 0.717) is 6.04 Å². The molecule has 0 spiro atoms. The monoisotopic (exact) mass is 275 g/mol. The van der Waals surface area contributed by atoms with Crippen molar-refractivity contribution in [3.8, 4) is 0 Å². The van der Waals surface area contributed by atoms with E-state index in [9.17, 15) is 0 Å². The van der Waals surface area contributed by atoms with Crippen LogP contribution in [0.4, 0.5) is 0 Å². The van der Waals surface area contributed by atoms with E-state index in [4.69, 9.17) is 0 Å². The molecule has 3 rings (SSSR count). The van der Waals surface area contributed by atoms with Gasteiger partial charge in [0.15, 0.2) is 0 Å². The number of nitrogens with one attached hydrogen (secondary N) is 1. The molecule has 1 aliphatic rings. The number of hydrogen-bond donors (Lipinski definition) is 1. The van der Waals surface area contributed by atoms with Gasteiger partial charge in [-0.2, -0.15) is 0 Å². The van der Waals surface area contributed by atoms with Crippen LogP contribution in [-0.4, -0.2) is 15.6 Å². The molecule has 1 fully saturated rings. The van der Waals surface area contributed by atoms with Crippen LogP contribution in [0.2, 0.25) is 0 Å². The van der Waals surface area contributed by atoms with Gasteiger partial charge in [0.25, 0.3) is 0 Å². The predicted molar refractivity (Wildman–Crippen MR) is 79.4 cm³/mol. The van der Waals surface area contributed by atoms with Gasteiger partial charge >= 0.3 is 0 Å². The van der Waals surface area contributed by atoms with E-state index in [1.165, 1.54) is 37.0 Å². The van der Waals surface area contributed by atoms with Gasteiger partial charge < -0.3 is 9.88 Å². The van der Waals surface area contributed by atoms with Crippen molar-refractivity contribution in [2.24, 2.45) is 7.05 Å². The van der Waals surface area contributed by atoms with Crippen LogP contribution in [0.25, 0.3) is 0 Å². The van der Waals surface area contributed by atoms with Gasteiger partial charge in [0.1, 0.15) is 11.9 Å². The highest BCUT2D eigenvalue weighted by molar-refractivity contribution is 7.10. The van der Waals surface area contributed by atoms with E-state index >= 15 is 0 Å². The number of imidazole rings is 1. The standard InChI is InChI=1S/C15H21N3S/c1-18-10-9-16-15(18)14(13-8-5-11-19-13)17-12-6-3-2-4-7-12/h5,8-12,14,17H,2-4,6-7H2,1H3. The molecule has 0 aromatic carbocycles. The van der Waals surface area contributed by atoms with Gasteiger partial charge in [-0.15, -0.1) is 11.3 Å². The Morgan fingerprint density at radius 3 is 2.84 bits per heavy atom. The summed E-state index contributed by atoms with van der Waals surface area (Å²) >= 11 is 1.81. The summed E-state index contributed by atoms with van der Waals surface area (Å²) in [5, 5.41) is 5.98. The second-order valence-electron chi connectivity index (χ2n) is 5.35. The zero-order valence-corrected chi connectivity index (χ0v) is 12.2. The number of thiophene rings is 1. The van der Waals surface area contributed by atoms with Gasteiger partial charge in [-0.05, 0) is 24.3 Å². The third-order valence-corrected chi connectivity index (χ3v) is 4.89. The molecule has 1 saturated carbocycles. The van der Waals surface area contributed by atoms with Crippen LogP contribution in [0.3, 0.4) is 0 Å². The van der Waals surface area contributed by atoms with E-state index in [1.807, 2.05) is 23.7 Å². The Labute approximate surface area is 118 Å². The molecule has 1 unspecified atom stereocenters. The van der Waals surface area contributed by atoms with Crippen molar-refractivity contribution in [2.45, 2.75) is 44.2 Å². The van der Waals surface area contributed by atoms with Crippen molar-refractivity contribution in [1.29, 1.82) is 0 Å². The van der Waals surface area contributed by atoms with Crippen molar-refractivity contribution in [3.05, 3.63) is 40.6 Å². The topological polar surface area (TPSA) is 29.9 Å². The molecule has 1 atom stereocenters. The molecule has 3 nitrogen and oxygen atoms in total. The van der Waals surface area contributed by atoms with Crippen molar-refractivity contribution in [2.75, 3.05) is 0 Å². The van der Waals surface area contributed by atoms with Crippen LogP contribution in [-0.2, 0) is 7.05 Å². The molecular formula is C15H21N3S. The summed E-state index contributed by atoms with van der Waals surface area (Å²) in [6.07, 6.45) is 10.6. The Morgan fingerprint density at radius 1 is 1.37 bits per heavy atom. The summed E-state index contributed by atoms with van der Waals surface area (Å²) in [5.74, 6) is 1.12. The summed E-state index contributed by atoms with van der Waals surface area (Å²) in [6, 6.07) is 5.21. The normalized spacial score (nSPS) is 18.6. The maximum absolute atomic E-state index is 4.54. The lowest BCUT2D eigenvalue weighted by atomic mass is 9.94. The number of rotatable bonds is 4. The largest absolute Gasteiger partial charge is 0.336 e. The summed E-state index contributed by atoms with van der Waals surface area (Å²) in [7, 11) is 2.07. The summed E-state index contributed by atoms with van der Waals surface area (Å²) in [6.45, 7) is 0. The first kappa shape index (κ1) is 12.9. The number of aryl methyl sites for hydroxylation is 1. The van der Waals surface area contributed by atoms with Gasteiger partial charge in [-0.1, -0.05) is 25.3 Å². The molecule has 0 bridgehead atoms. The van der Waals surface area contributed by atoms with Crippen molar-refractivity contribution >= 4 is 11.3 Å². The summed E-state index contributed by atoms with van der Waals surface area (Å²) in [4.78, 5) is 5.91. The molecular weight excluding hydrogens is 254 g/mol. The van der Waals surface area contributed by atoms with Crippen molar-refractivity contribution in [1.82, 2.24) is 14.9 Å². The smallest absolute Gasteiger partial charge is 0.131 e. The number of nitrogens with zero attached hydrogens (tertiary/aromatic N) is 2. The molecule has 2 aromatic rings. The molecule has 2 aromatic heterocycles. The number of hydrogen-bond acceptors (Lipinski definition) is 3. The van der Waals surface area contributed by atoms with Crippen molar-refractivity contribution in [3.63, 3.8) is 0 Å². The highest BCUT2D eigenvalue weighted by Gasteiger charge is 2.23. The van der Waals surface area contributed by atoms with Gasteiger partial charge in [0.2, 0.25) is 0 Å². The van der Waals surface area contributed by atoms with Crippen LogP contribution >= 0.6 is 11.3 Å². The van der Waals surface area contributed by atoms with E-state index in [1.54, 1.807) is 0 Å². The molecule has 4 heteroatoms. The summed E-state index contributed by atoms with van der Waals surface area (Å²) < 4.78 is 2.13. The molecule has 19 heavy (non-hydrogen) atoms. The first-order valence-corrected chi connectivity index (χ1v) is 7.99. The molecule has 0 radical (unpaired) electrons. The predicted octanol–water partition coefficient (Wildman–Crippen LogP) is 3.49. The Morgan fingerprint density at radius 2 is 2.21 bits per heavy atom. The Hall–Kier alpha value is -1.13. The minimum atomic E-state index is 0.239. The Kier molecular flexibility index (Phi) is 3.99. The zero-order chi connectivity index (χ0) is 13.1. The SMILES string of the molecule is Cn1ccnc1C(NC1CCCCC1)c1cccs1. The third-order valence-electron chi connectivity index (χ3n) is 3.95. The molecule has 1 aliphatic carbocycles. The van der Waals surface area contributed by atoms with Crippen LogP contribution in [0.5, 0.6) is 0 Å². The molecule has 102 valence electrons. The molecule has 0 aliphatic heterocycles. The van der Waals surface area contributed by atoms with E-state index < -0.39 is 0 Å². The van der Waals surface area contributed by atoms with Crippen LogP contribution in [0.1, 0.15) is 48.8 Å². The molecule has 2 heterocycles. The summed E-state index contributed by atoms with van der Waals surface area (Å²) in [5.41, 5.74) is 0. The Balaban J connectivity index is 1.82. The lowest BCUT2D eigenvalue weighted by Gasteiger charge is -2.27. The third kappa shape index (κ3) is 2.90. The second-order valence-corrected chi connectivity index (χ2v) is 6.33. The lowest BCUT2D eigenvalue weighted by molar-refractivity contribution is 0.349. The van der Waals surface area contributed by atoms with Crippen molar-refractivity contribution < 1.29 is 0 Å².